The van der Waals surface area contributed by atoms with Gasteiger partial charge in [0.1, 0.15) is 5.82 Å². The Kier molecular flexibility index (Phi) is 7.33. The van der Waals surface area contributed by atoms with Crippen LogP contribution in [0.5, 0.6) is 0 Å². The van der Waals surface area contributed by atoms with Crippen LogP contribution in [0.1, 0.15) is 43.2 Å². The molecule has 2 saturated heterocycles. The molecule has 0 radical (unpaired) electrons. The maximum Gasteiger partial charge on any atom is 0.224 e. The first-order chi connectivity index (χ1) is 16.1. The van der Waals surface area contributed by atoms with E-state index in [1.165, 1.54) is 0 Å². The summed E-state index contributed by atoms with van der Waals surface area (Å²) in [6.07, 6.45) is 2.92. The van der Waals surface area contributed by atoms with Gasteiger partial charge in [0.15, 0.2) is 21.5 Å². The second-order valence-corrected chi connectivity index (χ2v) is 11.7. The SMILES string of the molecule is N[C@H](Cc1cc(F)c(F)cc1F)[C@@H]1C[C@H]2CC[C@@H](C1)N2C(=O)CCS(=O)(=O)Cc1ccccc1. The van der Waals surface area contributed by atoms with Crippen molar-refractivity contribution < 1.29 is 26.4 Å². The molecule has 1 amide bonds. The van der Waals surface area contributed by atoms with Crippen LogP contribution in [0.3, 0.4) is 0 Å². The highest BCUT2D eigenvalue weighted by Gasteiger charge is 2.44. The number of nitrogens with zero attached hydrogens (tertiary/aromatic N) is 1. The van der Waals surface area contributed by atoms with Gasteiger partial charge in [-0.05, 0) is 55.2 Å². The van der Waals surface area contributed by atoms with E-state index in [1.807, 2.05) is 11.0 Å². The molecule has 0 aromatic heterocycles. The topological polar surface area (TPSA) is 80.5 Å². The fraction of sp³-hybridized carbons (Fsp3) is 0.480. The van der Waals surface area contributed by atoms with Gasteiger partial charge in [0.2, 0.25) is 5.91 Å². The van der Waals surface area contributed by atoms with Crippen LogP contribution in [0.2, 0.25) is 0 Å². The van der Waals surface area contributed by atoms with Crippen LogP contribution in [-0.2, 0) is 26.8 Å². The molecule has 2 aliphatic heterocycles. The van der Waals surface area contributed by atoms with E-state index in [0.29, 0.717) is 24.5 Å². The highest BCUT2D eigenvalue weighted by Crippen LogP contribution is 2.40. The summed E-state index contributed by atoms with van der Waals surface area (Å²) in [5, 5.41) is 0. The van der Waals surface area contributed by atoms with Gasteiger partial charge in [0.05, 0.1) is 11.5 Å². The molecule has 2 fully saturated rings. The molecular formula is C25H29F3N2O3S. The Hall–Kier alpha value is -2.39. The second kappa shape index (κ2) is 10.1. The number of carbonyl (C=O) groups excluding carboxylic acids is 1. The second-order valence-electron chi connectivity index (χ2n) is 9.47. The zero-order valence-electron chi connectivity index (χ0n) is 18.8. The molecule has 5 nitrogen and oxygen atoms in total. The minimum atomic E-state index is -3.41. The molecule has 0 aliphatic carbocycles. The molecular weight excluding hydrogens is 465 g/mol. The third kappa shape index (κ3) is 5.63. The number of hydrogen-bond acceptors (Lipinski definition) is 4. The smallest absolute Gasteiger partial charge is 0.224 e. The third-order valence-corrected chi connectivity index (χ3v) is 8.66. The summed E-state index contributed by atoms with van der Waals surface area (Å²) >= 11 is 0. The van der Waals surface area contributed by atoms with Crippen molar-refractivity contribution in [3.63, 3.8) is 0 Å². The summed E-state index contributed by atoms with van der Waals surface area (Å²) < 4.78 is 65.8. The molecule has 2 heterocycles. The molecule has 184 valence electrons. The number of benzene rings is 2. The van der Waals surface area contributed by atoms with Crippen molar-refractivity contribution >= 4 is 15.7 Å². The average molecular weight is 495 g/mol. The summed E-state index contributed by atoms with van der Waals surface area (Å²) in [4.78, 5) is 14.8. The molecule has 2 N–H and O–H groups in total. The lowest BCUT2D eigenvalue weighted by molar-refractivity contribution is -0.136. The fourth-order valence-corrected chi connectivity index (χ4v) is 6.72. The first-order valence-corrected chi connectivity index (χ1v) is 13.4. The van der Waals surface area contributed by atoms with Crippen LogP contribution in [-0.4, -0.2) is 43.1 Å². The number of nitrogens with two attached hydrogens (primary N) is 1. The first-order valence-electron chi connectivity index (χ1n) is 11.6. The average Bonchev–Trinajstić information content (AvgIpc) is 3.05. The molecule has 0 saturated carbocycles. The normalized spacial score (nSPS) is 23.2. The number of fused-ring (bicyclic) bond motifs is 2. The summed E-state index contributed by atoms with van der Waals surface area (Å²) in [6.45, 7) is 0. The first kappa shape index (κ1) is 24.7. The van der Waals surface area contributed by atoms with E-state index >= 15 is 0 Å². The van der Waals surface area contributed by atoms with Crippen molar-refractivity contribution in [3.8, 4) is 0 Å². The number of hydrogen-bond donors (Lipinski definition) is 1. The van der Waals surface area contributed by atoms with Gasteiger partial charge >= 0.3 is 0 Å². The van der Waals surface area contributed by atoms with Crippen molar-refractivity contribution in [2.24, 2.45) is 11.7 Å². The van der Waals surface area contributed by atoms with Gasteiger partial charge < -0.3 is 10.6 Å². The molecule has 4 atom stereocenters. The summed E-state index contributed by atoms with van der Waals surface area (Å²) in [6, 6.07) is 9.75. The van der Waals surface area contributed by atoms with Gasteiger partial charge in [0.25, 0.3) is 0 Å². The van der Waals surface area contributed by atoms with Gasteiger partial charge in [0, 0.05) is 30.6 Å². The predicted molar refractivity (Wildman–Crippen MR) is 123 cm³/mol. The molecule has 2 bridgehead atoms. The van der Waals surface area contributed by atoms with Crippen molar-refractivity contribution in [2.75, 3.05) is 5.75 Å². The minimum Gasteiger partial charge on any atom is -0.337 e. The van der Waals surface area contributed by atoms with Crippen LogP contribution in [0.15, 0.2) is 42.5 Å². The van der Waals surface area contributed by atoms with E-state index < -0.39 is 33.3 Å². The molecule has 2 aromatic rings. The Balaban J connectivity index is 1.33. The predicted octanol–water partition coefficient (Wildman–Crippen LogP) is 3.75. The highest BCUT2D eigenvalue weighted by atomic mass is 32.2. The van der Waals surface area contributed by atoms with Crippen LogP contribution >= 0.6 is 0 Å². The largest absolute Gasteiger partial charge is 0.337 e. The molecule has 9 heteroatoms. The summed E-state index contributed by atoms with van der Waals surface area (Å²) in [5.74, 6) is -3.60. The fourth-order valence-electron chi connectivity index (χ4n) is 5.39. The number of halogens is 3. The van der Waals surface area contributed by atoms with Gasteiger partial charge in [-0.1, -0.05) is 30.3 Å². The van der Waals surface area contributed by atoms with Crippen LogP contribution in [0.25, 0.3) is 0 Å². The zero-order chi connectivity index (χ0) is 24.5. The third-order valence-electron chi connectivity index (χ3n) is 7.06. The molecule has 4 rings (SSSR count). The molecule has 34 heavy (non-hydrogen) atoms. The lowest BCUT2D eigenvalue weighted by Crippen LogP contribution is -2.50. The number of rotatable bonds is 8. The number of sulfone groups is 1. The van der Waals surface area contributed by atoms with Gasteiger partial charge in [-0.15, -0.1) is 0 Å². The van der Waals surface area contributed by atoms with Gasteiger partial charge in [-0.3, -0.25) is 4.79 Å². The number of amides is 1. The van der Waals surface area contributed by atoms with Crippen LogP contribution in [0.4, 0.5) is 13.2 Å². The van der Waals surface area contributed by atoms with Crippen molar-refractivity contribution in [1.29, 1.82) is 0 Å². The molecule has 0 spiro atoms. The number of carbonyl (C=O) groups is 1. The van der Waals surface area contributed by atoms with E-state index in [9.17, 15) is 26.4 Å². The monoisotopic (exact) mass is 494 g/mol. The summed E-state index contributed by atoms with van der Waals surface area (Å²) in [7, 11) is -3.41. The van der Waals surface area contributed by atoms with Gasteiger partial charge in [-0.2, -0.15) is 0 Å². The Bertz CT molecular complexity index is 1130. The van der Waals surface area contributed by atoms with Crippen LogP contribution < -0.4 is 5.73 Å². The number of piperidine rings is 1. The van der Waals surface area contributed by atoms with Crippen molar-refractivity contribution in [3.05, 3.63) is 71.0 Å². The highest BCUT2D eigenvalue weighted by molar-refractivity contribution is 7.90. The van der Waals surface area contributed by atoms with E-state index in [-0.39, 0.29) is 53.8 Å². The van der Waals surface area contributed by atoms with E-state index in [1.54, 1.807) is 24.3 Å². The van der Waals surface area contributed by atoms with Crippen LogP contribution in [0, 0.1) is 23.4 Å². The standard InChI is InChI=1S/C25H29F3N2O3S/c26-21-14-23(28)22(27)12-17(21)13-24(29)18-10-19-6-7-20(11-18)30(19)25(31)8-9-34(32,33)15-16-4-2-1-3-5-16/h1-5,12,14,18-20,24H,6-11,13,15,29H2/t18-,19-,20+,24-/m1/s1. The lowest BCUT2D eigenvalue weighted by atomic mass is 9.82. The molecule has 2 aromatic carbocycles. The minimum absolute atomic E-state index is 0.0101. The Morgan fingerprint density at radius 3 is 2.26 bits per heavy atom. The van der Waals surface area contributed by atoms with E-state index in [0.717, 1.165) is 18.9 Å². The Labute approximate surface area is 198 Å². The van der Waals surface area contributed by atoms with Crippen molar-refractivity contribution in [2.45, 2.75) is 62.4 Å². The molecule has 2 aliphatic rings. The van der Waals surface area contributed by atoms with Crippen molar-refractivity contribution in [1.82, 2.24) is 4.90 Å². The Morgan fingerprint density at radius 1 is 1.00 bits per heavy atom. The quantitative estimate of drug-likeness (QED) is 0.567. The zero-order valence-corrected chi connectivity index (χ0v) is 19.6. The van der Waals surface area contributed by atoms with E-state index in [2.05, 4.69) is 0 Å². The maximum absolute atomic E-state index is 14.0. The Morgan fingerprint density at radius 2 is 1.62 bits per heavy atom. The van der Waals surface area contributed by atoms with Gasteiger partial charge in [-0.25, -0.2) is 21.6 Å². The summed E-state index contributed by atoms with van der Waals surface area (Å²) in [5.41, 5.74) is 7.07. The van der Waals surface area contributed by atoms with E-state index in [4.69, 9.17) is 5.73 Å². The molecule has 0 unspecified atom stereocenters. The maximum atomic E-state index is 14.0. The lowest BCUT2D eigenvalue weighted by Gasteiger charge is -2.41.